The molecule has 0 bridgehead atoms. The van der Waals surface area contributed by atoms with Crippen LogP contribution in [0, 0.1) is 8.99 Å². The summed E-state index contributed by atoms with van der Waals surface area (Å²) in [5.41, 5.74) is 6.39. The number of anilines is 1. The zero-order valence-corrected chi connectivity index (χ0v) is 14.6. The van der Waals surface area contributed by atoms with Gasteiger partial charge in [0.05, 0.1) is 11.3 Å². The maximum absolute atomic E-state index is 12.0. The van der Waals surface area contributed by atoms with Crippen molar-refractivity contribution in [1.82, 2.24) is 0 Å². The number of rotatable bonds is 5. The minimum atomic E-state index is -1.07. The lowest BCUT2D eigenvalue weighted by Crippen LogP contribution is -2.31. The molecular formula is C15H21IN2O3. The van der Waals surface area contributed by atoms with Gasteiger partial charge < -0.3 is 16.2 Å². The number of carbonyl (C=O) groups is 2. The van der Waals surface area contributed by atoms with Crippen LogP contribution in [0.3, 0.4) is 0 Å². The number of hydrogen-bond donors (Lipinski definition) is 3. The molecule has 1 aromatic carbocycles. The second-order valence-electron chi connectivity index (χ2n) is 6.27. The van der Waals surface area contributed by atoms with Crippen LogP contribution < -0.4 is 11.1 Å². The molecule has 1 amide bonds. The average molecular weight is 404 g/mol. The Morgan fingerprint density at radius 1 is 1.38 bits per heavy atom. The van der Waals surface area contributed by atoms with Crippen molar-refractivity contribution >= 4 is 40.2 Å². The molecule has 4 N–H and O–H groups in total. The molecule has 5 nitrogen and oxygen atoms in total. The molecule has 6 heteroatoms. The number of carboxylic acid groups (broad SMARTS) is 1. The Balaban J connectivity index is 2.73. The lowest BCUT2D eigenvalue weighted by molar-refractivity contribution is -0.116. The molecule has 0 aliphatic carbocycles. The third kappa shape index (κ3) is 6.43. The van der Waals surface area contributed by atoms with Crippen LogP contribution in [0.2, 0.25) is 0 Å². The zero-order valence-electron chi connectivity index (χ0n) is 12.4. The van der Waals surface area contributed by atoms with Gasteiger partial charge in [-0.2, -0.15) is 0 Å². The van der Waals surface area contributed by atoms with Crippen molar-refractivity contribution in [1.29, 1.82) is 0 Å². The van der Waals surface area contributed by atoms with Gasteiger partial charge in [0.2, 0.25) is 5.91 Å². The molecule has 1 aromatic rings. The van der Waals surface area contributed by atoms with Crippen LogP contribution in [0.25, 0.3) is 0 Å². The third-order valence-electron chi connectivity index (χ3n) is 2.81. The lowest BCUT2D eigenvalue weighted by Gasteiger charge is -2.22. The Bertz CT molecular complexity index is 538. The van der Waals surface area contributed by atoms with E-state index in [-0.39, 0.29) is 29.3 Å². The van der Waals surface area contributed by atoms with Gasteiger partial charge in [-0.15, -0.1) is 0 Å². The first kappa shape index (κ1) is 17.9. The quantitative estimate of drug-likeness (QED) is 0.658. The predicted molar refractivity (Wildman–Crippen MR) is 91.4 cm³/mol. The largest absolute Gasteiger partial charge is 0.478 e. The molecule has 1 unspecified atom stereocenters. The minimum absolute atomic E-state index is 0.0504. The maximum atomic E-state index is 12.0. The summed E-state index contributed by atoms with van der Waals surface area (Å²) < 4.78 is 0.799. The van der Waals surface area contributed by atoms with E-state index in [4.69, 9.17) is 10.8 Å². The average Bonchev–Trinajstić information content (AvgIpc) is 2.28. The maximum Gasteiger partial charge on any atom is 0.337 e. The predicted octanol–water partition coefficient (Wildman–Crippen LogP) is 3.08. The normalized spacial score (nSPS) is 12.8. The van der Waals surface area contributed by atoms with Gasteiger partial charge in [-0.1, -0.05) is 20.8 Å². The first-order valence-electron chi connectivity index (χ1n) is 6.67. The number of amides is 1. The van der Waals surface area contributed by atoms with Crippen LogP contribution in [-0.2, 0) is 4.79 Å². The van der Waals surface area contributed by atoms with Crippen LogP contribution in [0.1, 0.15) is 44.0 Å². The van der Waals surface area contributed by atoms with Crippen LogP contribution in [0.4, 0.5) is 5.69 Å². The fourth-order valence-corrected chi connectivity index (χ4v) is 2.59. The summed E-state index contributed by atoms with van der Waals surface area (Å²) in [7, 11) is 0. The highest BCUT2D eigenvalue weighted by Gasteiger charge is 2.19. The van der Waals surface area contributed by atoms with Gasteiger partial charge in [0.15, 0.2) is 0 Å². The molecule has 0 aromatic heterocycles. The zero-order chi connectivity index (χ0) is 16.2. The number of benzene rings is 1. The van der Waals surface area contributed by atoms with Crippen LogP contribution >= 0.6 is 22.6 Å². The molecule has 0 spiro atoms. The Hall–Kier alpha value is -1.15. The molecule has 0 fully saturated rings. The van der Waals surface area contributed by atoms with Gasteiger partial charge in [-0.05, 0) is 52.6 Å². The van der Waals surface area contributed by atoms with E-state index in [0.717, 1.165) is 9.99 Å². The van der Waals surface area contributed by atoms with Crippen LogP contribution in [0.5, 0.6) is 0 Å². The highest BCUT2D eigenvalue weighted by atomic mass is 127. The van der Waals surface area contributed by atoms with Gasteiger partial charge in [0.1, 0.15) is 0 Å². The molecule has 0 aliphatic rings. The molecule has 0 saturated heterocycles. The summed E-state index contributed by atoms with van der Waals surface area (Å²) in [6.45, 7) is 6.19. The summed E-state index contributed by atoms with van der Waals surface area (Å²) in [5.74, 6) is -1.33. The molecule has 0 saturated carbocycles. The smallest absolute Gasteiger partial charge is 0.337 e. The second-order valence-corrected chi connectivity index (χ2v) is 7.52. The molecule has 0 radical (unpaired) electrons. The Labute approximate surface area is 138 Å². The van der Waals surface area contributed by atoms with E-state index in [1.54, 1.807) is 12.1 Å². The van der Waals surface area contributed by atoms with Crippen molar-refractivity contribution < 1.29 is 14.7 Å². The topological polar surface area (TPSA) is 92.4 Å². The van der Waals surface area contributed by atoms with E-state index < -0.39 is 5.97 Å². The Morgan fingerprint density at radius 3 is 2.52 bits per heavy atom. The van der Waals surface area contributed by atoms with E-state index in [1.807, 2.05) is 22.6 Å². The fraction of sp³-hybridized carbons (Fsp3) is 0.467. The fourth-order valence-electron chi connectivity index (χ4n) is 2.10. The number of carbonyl (C=O) groups excluding carboxylic acids is 1. The first-order valence-corrected chi connectivity index (χ1v) is 7.74. The highest BCUT2D eigenvalue weighted by Crippen LogP contribution is 2.22. The highest BCUT2D eigenvalue weighted by molar-refractivity contribution is 14.1. The summed E-state index contributed by atoms with van der Waals surface area (Å²) in [5, 5.41) is 11.8. The summed E-state index contributed by atoms with van der Waals surface area (Å²) >= 11 is 2.03. The number of halogens is 1. The van der Waals surface area contributed by atoms with Crippen molar-refractivity contribution in [2.24, 2.45) is 11.1 Å². The molecule has 1 atom stereocenters. The molecule has 21 heavy (non-hydrogen) atoms. The minimum Gasteiger partial charge on any atom is -0.478 e. The van der Waals surface area contributed by atoms with Crippen molar-refractivity contribution in [3.05, 3.63) is 27.3 Å². The van der Waals surface area contributed by atoms with Crippen molar-refractivity contribution in [2.45, 2.75) is 39.7 Å². The summed E-state index contributed by atoms with van der Waals surface area (Å²) in [6, 6.07) is 4.62. The molecule has 0 aliphatic heterocycles. The summed E-state index contributed by atoms with van der Waals surface area (Å²) in [6.07, 6.45) is 0.890. The number of nitrogens with two attached hydrogens (primary N) is 1. The van der Waals surface area contributed by atoms with Gasteiger partial charge in [-0.25, -0.2) is 4.79 Å². The van der Waals surface area contributed by atoms with Crippen molar-refractivity contribution in [3.63, 3.8) is 0 Å². The SMILES string of the molecule is CC(C)(C)CC(N)CC(=O)Nc1ccc(I)cc1C(=O)O. The van der Waals surface area contributed by atoms with Crippen LogP contribution in [-0.4, -0.2) is 23.0 Å². The van der Waals surface area contributed by atoms with Gasteiger partial charge >= 0.3 is 5.97 Å². The third-order valence-corrected chi connectivity index (χ3v) is 3.48. The molecule has 0 heterocycles. The number of hydrogen-bond acceptors (Lipinski definition) is 3. The standard InChI is InChI=1S/C15H21IN2O3/c1-15(2,3)8-10(17)7-13(19)18-12-5-4-9(16)6-11(12)14(20)21/h4-6,10H,7-8,17H2,1-3H3,(H,18,19)(H,20,21). The van der Waals surface area contributed by atoms with Gasteiger partial charge in [0.25, 0.3) is 0 Å². The Morgan fingerprint density at radius 2 is 2.00 bits per heavy atom. The van der Waals surface area contributed by atoms with E-state index in [2.05, 4.69) is 26.1 Å². The number of carboxylic acids is 1. The van der Waals surface area contributed by atoms with Gasteiger partial charge in [0, 0.05) is 16.0 Å². The first-order chi connectivity index (χ1) is 9.58. The Kier molecular flexibility index (Phi) is 6.15. The molecular weight excluding hydrogens is 383 g/mol. The number of nitrogens with one attached hydrogen (secondary N) is 1. The van der Waals surface area contributed by atoms with Gasteiger partial charge in [-0.3, -0.25) is 4.79 Å². The summed E-state index contributed by atoms with van der Waals surface area (Å²) in [4.78, 5) is 23.2. The monoisotopic (exact) mass is 404 g/mol. The second kappa shape index (κ2) is 7.22. The van der Waals surface area contributed by atoms with Crippen LogP contribution in [0.15, 0.2) is 18.2 Å². The van der Waals surface area contributed by atoms with E-state index in [0.29, 0.717) is 5.69 Å². The van der Waals surface area contributed by atoms with E-state index in [1.165, 1.54) is 6.07 Å². The lowest BCUT2D eigenvalue weighted by atomic mass is 9.87. The van der Waals surface area contributed by atoms with Crippen molar-refractivity contribution in [3.8, 4) is 0 Å². The van der Waals surface area contributed by atoms with E-state index >= 15 is 0 Å². The number of aromatic carboxylic acids is 1. The molecule has 116 valence electrons. The van der Waals surface area contributed by atoms with Crippen molar-refractivity contribution in [2.75, 3.05) is 5.32 Å². The van der Waals surface area contributed by atoms with E-state index in [9.17, 15) is 9.59 Å². The molecule has 1 rings (SSSR count).